The normalized spacial score (nSPS) is 12.4. The molecule has 2 aromatic carbocycles. The molecular weight excluding hydrogens is 156 g/mol. The average molecular weight is 170 g/mol. The highest BCUT2D eigenvalue weighted by atomic mass is 14.0. The van der Waals surface area contributed by atoms with E-state index in [1.807, 2.05) is 54.6 Å². The fraction of sp³-hybridized carbons (Fsp3) is 0.0769. The first-order chi connectivity index (χ1) is 7.29. The minimum Gasteiger partial charge on any atom is -0.0622 e. The SMILES string of the molecule is [2H]C([2H])c1ccccc1-c1ccccc1. The highest BCUT2D eigenvalue weighted by Gasteiger charge is 1.97. The first-order valence-electron chi connectivity index (χ1n) is 5.43. The van der Waals surface area contributed by atoms with Crippen molar-refractivity contribution in [2.24, 2.45) is 0 Å². The fourth-order valence-electron chi connectivity index (χ4n) is 1.38. The van der Waals surface area contributed by atoms with E-state index in [1.54, 1.807) is 0 Å². The molecule has 0 aliphatic heterocycles. The molecule has 13 heavy (non-hydrogen) atoms. The summed E-state index contributed by atoms with van der Waals surface area (Å²) in [5.74, 6) is 0. The lowest BCUT2D eigenvalue weighted by atomic mass is 10.0. The third-order valence-electron chi connectivity index (χ3n) is 2.05. The van der Waals surface area contributed by atoms with Gasteiger partial charge in [0.05, 0.1) is 0 Å². The maximum atomic E-state index is 7.48. The lowest BCUT2D eigenvalue weighted by Gasteiger charge is -2.04. The molecule has 0 amide bonds. The van der Waals surface area contributed by atoms with Crippen LogP contribution in [0.4, 0.5) is 0 Å². The molecule has 0 radical (unpaired) electrons. The monoisotopic (exact) mass is 170 g/mol. The summed E-state index contributed by atoms with van der Waals surface area (Å²) in [6.45, 7) is -0.929. The molecule has 0 saturated carbocycles. The summed E-state index contributed by atoms with van der Waals surface area (Å²) in [4.78, 5) is 0. The Morgan fingerprint density at radius 3 is 2.31 bits per heavy atom. The Morgan fingerprint density at radius 2 is 1.54 bits per heavy atom. The van der Waals surface area contributed by atoms with Gasteiger partial charge in [0, 0.05) is 2.74 Å². The van der Waals surface area contributed by atoms with Gasteiger partial charge in [-0.3, -0.25) is 0 Å². The van der Waals surface area contributed by atoms with Gasteiger partial charge < -0.3 is 0 Å². The van der Waals surface area contributed by atoms with Crippen molar-refractivity contribution in [3.8, 4) is 11.1 Å². The van der Waals surface area contributed by atoms with E-state index < -0.39 is 6.88 Å². The summed E-state index contributed by atoms with van der Waals surface area (Å²) < 4.78 is 15.0. The maximum absolute atomic E-state index is 7.48. The van der Waals surface area contributed by atoms with Gasteiger partial charge in [-0.2, -0.15) is 0 Å². The Morgan fingerprint density at radius 1 is 0.846 bits per heavy atom. The Kier molecular flexibility index (Phi) is 1.58. The zero-order chi connectivity index (χ0) is 10.7. The van der Waals surface area contributed by atoms with Gasteiger partial charge >= 0.3 is 0 Å². The van der Waals surface area contributed by atoms with Crippen LogP contribution < -0.4 is 0 Å². The first-order valence-corrected chi connectivity index (χ1v) is 4.28. The molecule has 0 nitrogen and oxygen atoms in total. The lowest BCUT2D eigenvalue weighted by Crippen LogP contribution is -1.80. The van der Waals surface area contributed by atoms with E-state index in [0.29, 0.717) is 0 Å². The largest absolute Gasteiger partial charge is 0.0622 e. The van der Waals surface area contributed by atoms with Crippen LogP contribution in [0.15, 0.2) is 54.6 Å². The van der Waals surface area contributed by atoms with Crippen LogP contribution in [0.2, 0.25) is 0 Å². The third kappa shape index (κ3) is 1.62. The zero-order valence-electron chi connectivity index (χ0n) is 9.27. The summed E-state index contributed by atoms with van der Waals surface area (Å²) in [6.07, 6.45) is 0. The molecule has 0 unspecified atom stereocenters. The Hall–Kier alpha value is -1.56. The van der Waals surface area contributed by atoms with Crippen molar-refractivity contribution in [1.82, 2.24) is 0 Å². The molecule has 0 atom stereocenters. The second-order valence-electron chi connectivity index (χ2n) is 2.95. The van der Waals surface area contributed by atoms with Gasteiger partial charge in [-0.25, -0.2) is 0 Å². The van der Waals surface area contributed by atoms with Crippen molar-refractivity contribution in [3.63, 3.8) is 0 Å². The van der Waals surface area contributed by atoms with Crippen molar-refractivity contribution in [1.29, 1.82) is 0 Å². The highest BCUT2D eigenvalue weighted by molar-refractivity contribution is 5.66. The van der Waals surface area contributed by atoms with Gasteiger partial charge in [0.1, 0.15) is 0 Å². The highest BCUT2D eigenvalue weighted by Crippen LogP contribution is 2.21. The van der Waals surface area contributed by atoms with Crippen LogP contribution in [0, 0.1) is 6.88 Å². The van der Waals surface area contributed by atoms with E-state index in [9.17, 15) is 0 Å². The van der Waals surface area contributed by atoms with Gasteiger partial charge in [0.25, 0.3) is 0 Å². The van der Waals surface area contributed by atoms with Crippen LogP contribution in [0.1, 0.15) is 8.30 Å². The van der Waals surface area contributed by atoms with Crippen molar-refractivity contribution in [2.45, 2.75) is 6.88 Å². The Bertz CT molecular complexity index is 435. The predicted octanol–water partition coefficient (Wildman–Crippen LogP) is 3.66. The van der Waals surface area contributed by atoms with Crippen molar-refractivity contribution >= 4 is 0 Å². The van der Waals surface area contributed by atoms with E-state index in [1.165, 1.54) is 0 Å². The number of hydrogen-bond donors (Lipinski definition) is 0. The van der Waals surface area contributed by atoms with Crippen LogP contribution in [0.3, 0.4) is 0 Å². The molecule has 0 heterocycles. The molecule has 64 valence electrons. The third-order valence-corrected chi connectivity index (χ3v) is 2.05. The quantitative estimate of drug-likeness (QED) is 0.612. The molecule has 0 bridgehead atoms. The minimum absolute atomic E-state index is 0.753. The second-order valence-corrected chi connectivity index (χ2v) is 2.95. The van der Waals surface area contributed by atoms with Gasteiger partial charge in [0.15, 0.2) is 0 Å². The first kappa shape index (κ1) is 5.98. The van der Waals surface area contributed by atoms with E-state index in [2.05, 4.69) is 0 Å². The molecule has 0 N–H and O–H groups in total. The average Bonchev–Trinajstić information content (AvgIpc) is 2.30. The van der Waals surface area contributed by atoms with E-state index >= 15 is 0 Å². The van der Waals surface area contributed by atoms with Crippen LogP contribution >= 0.6 is 0 Å². The molecule has 0 aromatic heterocycles. The fourth-order valence-corrected chi connectivity index (χ4v) is 1.38. The van der Waals surface area contributed by atoms with Gasteiger partial charge in [-0.15, -0.1) is 0 Å². The predicted molar refractivity (Wildman–Crippen MR) is 56.6 cm³/mol. The summed E-state index contributed by atoms with van der Waals surface area (Å²) in [7, 11) is 0. The zero-order valence-corrected chi connectivity index (χ0v) is 7.27. The molecule has 0 fully saturated rings. The summed E-state index contributed by atoms with van der Waals surface area (Å²) in [5.41, 5.74) is 2.80. The summed E-state index contributed by atoms with van der Waals surface area (Å²) in [5, 5.41) is 0. The van der Waals surface area contributed by atoms with Crippen LogP contribution in [0.25, 0.3) is 11.1 Å². The van der Waals surface area contributed by atoms with E-state index in [4.69, 9.17) is 2.74 Å². The molecular formula is C13H12. The summed E-state index contributed by atoms with van der Waals surface area (Å²) in [6, 6.07) is 17.5. The van der Waals surface area contributed by atoms with Gasteiger partial charge in [0.2, 0.25) is 0 Å². The Balaban J connectivity index is 2.53. The molecule has 0 saturated heterocycles. The topological polar surface area (TPSA) is 0 Å². The number of hydrogen-bond acceptors (Lipinski definition) is 0. The molecule has 0 aliphatic rings. The number of benzene rings is 2. The number of rotatable bonds is 1. The van der Waals surface area contributed by atoms with Crippen LogP contribution in [-0.4, -0.2) is 0 Å². The van der Waals surface area contributed by atoms with Crippen molar-refractivity contribution in [3.05, 3.63) is 60.2 Å². The molecule has 0 spiro atoms. The summed E-state index contributed by atoms with van der Waals surface area (Å²) >= 11 is 0. The lowest BCUT2D eigenvalue weighted by molar-refractivity contribution is 1.46. The number of aryl methyl sites for hydroxylation is 1. The molecule has 0 heteroatoms. The van der Waals surface area contributed by atoms with Crippen molar-refractivity contribution in [2.75, 3.05) is 0 Å². The minimum atomic E-state index is -0.929. The molecule has 2 aromatic rings. The smallest absolute Gasteiger partial charge is 0.0280 e. The maximum Gasteiger partial charge on any atom is 0.0280 e. The Labute approximate surface area is 81.7 Å². The second kappa shape index (κ2) is 3.44. The van der Waals surface area contributed by atoms with Gasteiger partial charge in [-0.05, 0) is 23.6 Å². The van der Waals surface area contributed by atoms with E-state index in [-0.39, 0.29) is 0 Å². The molecule has 0 aliphatic carbocycles. The van der Waals surface area contributed by atoms with Crippen LogP contribution in [0.5, 0.6) is 0 Å². The molecule has 2 rings (SSSR count). The van der Waals surface area contributed by atoms with E-state index in [0.717, 1.165) is 16.7 Å². The standard InChI is InChI=1S/C13H12/c1-11-7-5-6-10-13(11)12-8-3-2-4-9-12/h2-10H,1H3/i1D2. The van der Waals surface area contributed by atoms with Crippen molar-refractivity contribution < 1.29 is 2.74 Å². The van der Waals surface area contributed by atoms with Crippen LogP contribution in [-0.2, 0) is 0 Å². The van der Waals surface area contributed by atoms with Gasteiger partial charge in [-0.1, -0.05) is 54.6 Å².